The van der Waals surface area contributed by atoms with E-state index in [1.165, 1.54) is 6.20 Å². The second-order valence-electron chi connectivity index (χ2n) is 4.70. The Morgan fingerprint density at radius 1 is 1.14 bits per heavy atom. The van der Waals surface area contributed by atoms with Gasteiger partial charge in [-0.2, -0.15) is 0 Å². The predicted octanol–water partition coefficient (Wildman–Crippen LogP) is 3.65. The fourth-order valence-corrected chi connectivity index (χ4v) is 2.17. The predicted molar refractivity (Wildman–Crippen MR) is 81.5 cm³/mol. The van der Waals surface area contributed by atoms with E-state index in [-0.39, 0.29) is 5.69 Å². The van der Waals surface area contributed by atoms with Crippen molar-refractivity contribution in [1.82, 2.24) is 15.0 Å². The van der Waals surface area contributed by atoms with Gasteiger partial charge in [-0.25, -0.2) is 14.4 Å². The number of anilines is 1. The van der Waals surface area contributed by atoms with Crippen molar-refractivity contribution in [3.63, 3.8) is 0 Å². The zero-order chi connectivity index (χ0) is 14.7. The van der Waals surface area contributed by atoms with Crippen LogP contribution in [0.1, 0.15) is 13.3 Å². The molecule has 0 unspecified atom stereocenters. The van der Waals surface area contributed by atoms with E-state index in [2.05, 4.69) is 20.3 Å². The third-order valence-electron chi connectivity index (χ3n) is 3.17. The molecule has 0 aliphatic heterocycles. The second kappa shape index (κ2) is 5.83. The topological polar surface area (TPSA) is 50.7 Å². The molecule has 1 N–H and O–H groups in total. The summed E-state index contributed by atoms with van der Waals surface area (Å²) in [5.74, 6) is -0.0172. The number of halogens is 1. The van der Waals surface area contributed by atoms with E-state index in [9.17, 15) is 4.39 Å². The van der Waals surface area contributed by atoms with Crippen molar-refractivity contribution in [2.24, 2.45) is 0 Å². The molecule has 0 saturated carbocycles. The van der Waals surface area contributed by atoms with E-state index in [0.717, 1.165) is 23.9 Å². The third-order valence-corrected chi connectivity index (χ3v) is 3.17. The standard InChI is InChI=1S/C16H15FN4/c1-2-8-19-16-20-10-13(17)15(21-16)12-7-3-5-11-6-4-9-18-14(11)12/h3-7,9-10H,2,8H2,1H3,(H,19,20,21). The molecule has 0 aliphatic carbocycles. The molecule has 2 heterocycles. The van der Waals surface area contributed by atoms with Crippen LogP contribution in [0.2, 0.25) is 0 Å². The lowest BCUT2D eigenvalue weighted by molar-refractivity contribution is 0.618. The molecule has 0 saturated heterocycles. The lowest BCUT2D eigenvalue weighted by atomic mass is 10.1. The Morgan fingerprint density at radius 3 is 2.86 bits per heavy atom. The Balaban J connectivity index is 2.13. The average Bonchev–Trinajstić information content (AvgIpc) is 2.54. The van der Waals surface area contributed by atoms with Crippen LogP contribution in [0.25, 0.3) is 22.2 Å². The normalized spacial score (nSPS) is 10.8. The van der Waals surface area contributed by atoms with Crippen LogP contribution in [0.15, 0.2) is 42.7 Å². The summed E-state index contributed by atoms with van der Waals surface area (Å²) in [7, 11) is 0. The lowest BCUT2D eigenvalue weighted by Crippen LogP contribution is -2.06. The molecule has 21 heavy (non-hydrogen) atoms. The second-order valence-corrected chi connectivity index (χ2v) is 4.70. The van der Waals surface area contributed by atoms with Crippen molar-refractivity contribution in [3.8, 4) is 11.3 Å². The zero-order valence-electron chi connectivity index (χ0n) is 11.7. The maximum atomic E-state index is 14.1. The highest BCUT2D eigenvalue weighted by atomic mass is 19.1. The molecule has 0 bridgehead atoms. The van der Waals surface area contributed by atoms with Crippen molar-refractivity contribution in [3.05, 3.63) is 48.5 Å². The SMILES string of the molecule is CCCNc1ncc(F)c(-c2cccc3cccnc23)n1. The van der Waals surface area contributed by atoms with E-state index in [1.807, 2.05) is 37.3 Å². The maximum absolute atomic E-state index is 14.1. The summed E-state index contributed by atoms with van der Waals surface area (Å²) in [5, 5.41) is 4.03. The first-order valence-corrected chi connectivity index (χ1v) is 6.90. The molecule has 5 heteroatoms. The summed E-state index contributed by atoms with van der Waals surface area (Å²) in [6.07, 6.45) is 3.84. The Morgan fingerprint density at radius 2 is 2.00 bits per heavy atom. The Bertz CT molecular complexity index is 768. The highest BCUT2D eigenvalue weighted by molar-refractivity contribution is 5.92. The number of benzene rings is 1. The van der Waals surface area contributed by atoms with E-state index in [0.29, 0.717) is 11.5 Å². The fourth-order valence-electron chi connectivity index (χ4n) is 2.17. The summed E-state index contributed by atoms with van der Waals surface area (Å²) in [4.78, 5) is 12.6. The van der Waals surface area contributed by atoms with E-state index < -0.39 is 5.82 Å². The monoisotopic (exact) mass is 282 g/mol. The summed E-state index contributed by atoms with van der Waals surface area (Å²) in [6.45, 7) is 2.80. The molecule has 0 amide bonds. The number of rotatable bonds is 4. The Labute approximate surface area is 122 Å². The smallest absolute Gasteiger partial charge is 0.223 e. The van der Waals surface area contributed by atoms with E-state index >= 15 is 0 Å². The van der Waals surface area contributed by atoms with Gasteiger partial charge in [-0.15, -0.1) is 0 Å². The maximum Gasteiger partial charge on any atom is 0.223 e. The first kappa shape index (κ1) is 13.4. The van der Waals surface area contributed by atoms with E-state index in [4.69, 9.17) is 0 Å². The highest BCUT2D eigenvalue weighted by Gasteiger charge is 2.12. The number of pyridine rings is 1. The molecule has 4 nitrogen and oxygen atoms in total. The largest absolute Gasteiger partial charge is 0.354 e. The van der Waals surface area contributed by atoms with Gasteiger partial charge in [-0.3, -0.25) is 4.98 Å². The van der Waals surface area contributed by atoms with Gasteiger partial charge in [0.2, 0.25) is 5.95 Å². The van der Waals surface area contributed by atoms with Gasteiger partial charge >= 0.3 is 0 Å². The van der Waals surface area contributed by atoms with Crippen molar-refractivity contribution < 1.29 is 4.39 Å². The highest BCUT2D eigenvalue weighted by Crippen LogP contribution is 2.27. The van der Waals surface area contributed by atoms with Gasteiger partial charge in [0, 0.05) is 23.7 Å². The van der Waals surface area contributed by atoms with Crippen molar-refractivity contribution >= 4 is 16.9 Å². The minimum absolute atomic E-state index is 0.271. The van der Waals surface area contributed by atoms with Crippen LogP contribution in [-0.4, -0.2) is 21.5 Å². The van der Waals surface area contributed by atoms with Crippen molar-refractivity contribution in [2.45, 2.75) is 13.3 Å². The number of nitrogens with one attached hydrogen (secondary N) is 1. The zero-order valence-corrected chi connectivity index (χ0v) is 11.7. The van der Waals surface area contributed by atoms with Gasteiger partial charge in [0.15, 0.2) is 5.82 Å². The molecular formula is C16H15FN4. The van der Waals surface area contributed by atoms with Crippen LogP contribution in [-0.2, 0) is 0 Å². The molecule has 0 aliphatic rings. The van der Waals surface area contributed by atoms with Gasteiger partial charge in [-0.05, 0) is 12.5 Å². The summed E-state index contributed by atoms with van der Waals surface area (Å²) in [5.41, 5.74) is 1.68. The summed E-state index contributed by atoms with van der Waals surface area (Å²) >= 11 is 0. The molecule has 0 atom stereocenters. The fraction of sp³-hybridized carbons (Fsp3) is 0.188. The van der Waals surface area contributed by atoms with Crippen LogP contribution in [0.4, 0.5) is 10.3 Å². The lowest BCUT2D eigenvalue weighted by Gasteiger charge is -2.08. The summed E-state index contributed by atoms with van der Waals surface area (Å²) < 4.78 is 14.1. The Hall–Kier alpha value is -2.56. The molecule has 106 valence electrons. The van der Waals surface area contributed by atoms with Crippen molar-refractivity contribution in [1.29, 1.82) is 0 Å². The van der Waals surface area contributed by atoms with Gasteiger partial charge in [0.05, 0.1) is 11.7 Å². The van der Waals surface area contributed by atoms with Gasteiger partial charge in [-0.1, -0.05) is 31.2 Å². The van der Waals surface area contributed by atoms with Crippen LogP contribution in [0.3, 0.4) is 0 Å². The summed E-state index contributed by atoms with van der Waals surface area (Å²) in [6, 6.07) is 9.45. The van der Waals surface area contributed by atoms with Crippen LogP contribution >= 0.6 is 0 Å². The van der Waals surface area contributed by atoms with Crippen LogP contribution < -0.4 is 5.32 Å². The average molecular weight is 282 g/mol. The van der Waals surface area contributed by atoms with Crippen LogP contribution in [0, 0.1) is 5.82 Å². The molecule has 2 aromatic heterocycles. The number of para-hydroxylation sites is 1. The molecule has 1 aromatic carbocycles. The number of hydrogen-bond donors (Lipinski definition) is 1. The first-order chi connectivity index (χ1) is 10.3. The van der Waals surface area contributed by atoms with Gasteiger partial charge in [0.1, 0.15) is 5.69 Å². The number of aromatic nitrogens is 3. The molecule has 0 spiro atoms. The minimum atomic E-state index is -0.449. The first-order valence-electron chi connectivity index (χ1n) is 6.90. The van der Waals surface area contributed by atoms with E-state index in [1.54, 1.807) is 6.20 Å². The molecule has 0 radical (unpaired) electrons. The molecule has 3 aromatic rings. The van der Waals surface area contributed by atoms with Gasteiger partial charge in [0.25, 0.3) is 0 Å². The number of fused-ring (bicyclic) bond motifs is 1. The van der Waals surface area contributed by atoms with Gasteiger partial charge < -0.3 is 5.32 Å². The number of hydrogen-bond acceptors (Lipinski definition) is 4. The molecule has 3 rings (SSSR count). The van der Waals surface area contributed by atoms with Crippen molar-refractivity contribution in [2.75, 3.05) is 11.9 Å². The molecule has 0 fully saturated rings. The number of nitrogens with zero attached hydrogens (tertiary/aromatic N) is 3. The van der Waals surface area contributed by atoms with Crippen LogP contribution in [0.5, 0.6) is 0 Å². The molecular weight excluding hydrogens is 267 g/mol. The minimum Gasteiger partial charge on any atom is -0.354 e. The Kier molecular flexibility index (Phi) is 3.73. The third kappa shape index (κ3) is 2.67. The quantitative estimate of drug-likeness (QED) is 0.793.